The molecule has 1 atom stereocenters. The summed E-state index contributed by atoms with van der Waals surface area (Å²) in [6, 6.07) is 13.2. The second kappa shape index (κ2) is 11.3. The summed E-state index contributed by atoms with van der Waals surface area (Å²) >= 11 is 7.18. The number of sulfonamides is 1. The summed E-state index contributed by atoms with van der Waals surface area (Å²) in [7, 11) is -2.37. The lowest BCUT2D eigenvalue weighted by Gasteiger charge is -2.23. The fourth-order valence-corrected chi connectivity index (χ4v) is 6.79. The van der Waals surface area contributed by atoms with Crippen molar-refractivity contribution in [2.75, 3.05) is 13.6 Å². The number of hydrogen-bond acceptors (Lipinski definition) is 6. The molecule has 1 aliphatic rings. The van der Waals surface area contributed by atoms with E-state index in [-0.39, 0.29) is 16.0 Å². The van der Waals surface area contributed by atoms with Crippen molar-refractivity contribution in [2.45, 2.75) is 29.4 Å². The molecule has 3 aromatic rings. The first-order chi connectivity index (χ1) is 17.6. The summed E-state index contributed by atoms with van der Waals surface area (Å²) in [5.41, 5.74) is 6.97. The Morgan fingerprint density at radius 1 is 1.26 bits per heavy atom. The molecule has 204 valence electrons. The molecule has 0 radical (unpaired) electrons. The van der Waals surface area contributed by atoms with Crippen molar-refractivity contribution >= 4 is 60.8 Å². The van der Waals surface area contributed by atoms with Crippen LogP contribution in [0, 0.1) is 5.41 Å². The topological polar surface area (TPSA) is 145 Å². The number of nitrogens with one attached hydrogen (secondary N) is 1. The van der Waals surface area contributed by atoms with Crippen molar-refractivity contribution in [2.24, 2.45) is 5.73 Å². The molecule has 4 rings (SSSR count). The Balaban J connectivity index is 0.000000505. The number of alkyl halides is 3. The number of benzene rings is 2. The lowest BCUT2D eigenvalue weighted by Crippen LogP contribution is -2.42. The number of thiophene rings is 1. The second-order valence-corrected chi connectivity index (χ2v) is 12.0. The summed E-state index contributed by atoms with van der Waals surface area (Å²) in [4.78, 5) is 23.5. The standard InChI is InChI=1S/C21H21ClN4O3S2.C2HF3O2/c1-25(31(28,29)19-11-15-10-16(22)5-6-18(15)30-19)17-7-8-26(21(17)27)12-13-3-2-4-14(9-13)20(23)24;3-2(4,5)1(6)7/h2-6,9-11,17H,7-8,12H2,1H3,(H3,23,24);(H,6,7)/t17-;/m0./s1. The number of halogens is 4. The lowest BCUT2D eigenvalue weighted by molar-refractivity contribution is -0.192. The van der Waals surface area contributed by atoms with Crippen LogP contribution in [0.15, 0.2) is 52.7 Å². The van der Waals surface area contributed by atoms with Crippen LogP contribution in [-0.2, 0) is 26.2 Å². The summed E-state index contributed by atoms with van der Waals surface area (Å²) in [6.45, 7) is 0.793. The molecular weight excluding hydrogens is 569 g/mol. The summed E-state index contributed by atoms with van der Waals surface area (Å²) in [6.07, 6.45) is -4.67. The number of hydrogen-bond donors (Lipinski definition) is 3. The van der Waals surface area contributed by atoms with E-state index in [2.05, 4.69) is 0 Å². The van der Waals surface area contributed by atoms with E-state index in [4.69, 9.17) is 32.6 Å². The average molecular weight is 591 g/mol. The number of carbonyl (C=O) groups is 2. The third-order valence-electron chi connectivity index (χ3n) is 5.65. The first kappa shape index (κ1) is 29.4. The van der Waals surface area contributed by atoms with Crippen molar-refractivity contribution in [3.05, 3.63) is 64.7 Å². The van der Waals surface area contributed by atoms with Crippen molar-refractivity contribution in [3.63, 3.8) is 0 Å². The number of nitrogen functional groups attached to an aromatic ring is 1. The molecule has 4 N–H and O–H groups in total. The number of rotatable bonds is 6. The highest BCUT2D eigenvalue weighted by Gasteiger charge is 2.40. The number of amides is 1. The predicted octanol–water partition coefficient (Wildman–Crippen LogP) is 3.89. The second-order valence-electron chi connectivity index (χ2n) is 8.25. The van der Waals surface area contributed by atoms with Crippen LogP contribution in [0.5, 0.6) is 0 Å². The van der Waals surface area contributed by atoms with E-state index in [0.717, 1.165) is 27.0 Å². The third-order valence-corrected chi connectivity index (χ3v) is 9.32. The zero-order valence-corrected chi connectivity index (χ0v) is 22.1. The van der Waals surface area contributed by atoms with E-state index < -0.39 is 28.2 Å². The highest BCUT2D eigenvalue weighted by Crippen LogP contribution is 2.34. The molecule has 0 saturated carbocycles. The Morgan fingerprint density at radius 3 is 2.53 bits per heavy atom. The molecule has 2 heterocycles. The van der Waals surface area contributed by atoms with E-state index in [9.17, 15) is 26.4 Å². The van der Waals surface area contributed by atoms with Crippen LogP contribution in [0.25, 0.3) is 10.1 Å². The molecule has 0 bridgehead atoms. The van der Waals surface area contributed by atoms with Gasteiger partial charge in [-0.25, -0.2) is 13.2 Å². The zero-order chi connectivity index (χ0) is 28.4. The van der Waals surface area contributed by atoms with Crippen molar-refractivity contribution in [1.82, 2.24) is 9.21 Å². The van der Waals surface area contributed by atoms with E-state index >= 15 is 0 Å². The Bertz CT molecular complexity index is 1490. The van der Waals surface area contributed by atoms with Crippen LogP contribution in [0.3, 0.4) is 0 Å². The van der Waals surface area contributed by atoms with Gasteiger partial charge in [-0.05, 0) is 47.7 Å². The molecule has 2 aromatic carbocycles. The number of nitrogens with zero attached hydrogens (tertiary/aromatic N) is 2. The van der Waals surface area contributed by atoms with Crippen LogP contribution in [0.2, 0.25) is 5.02 Å². The maximum Gasteiger partial charge on any atom is 0.490 e. The Hall–Kier alpha value is -3.20. The number of carboxylic acids is 1. The number of likely N-dealkylation sites (N-methyl/N-ethyl adjacent to an activating group) is 1. The zero-order valence-electron chi connectivity index (χ0n) is 19.7. The fourth-order valence-electron chi connectivity index (χ4n) is 3.70. The molecule has 1 aliphatic heterocycles. The molecule has 38 heavy (non-hydrogen) atoms. The number of aliphatic carboxylic acids is 1. The first-order valence-electron chi connectivity index (χ1n) is 10.8. The number of likely N-dealkylation sites (tertiary alicyclic amines) is 1. The van der Waals surface area contributed by atoms with Gasteiger partial charge in [0.1, 0.15) is 16.1 Å². The molecule has 9 nitrogen and oxygen atoms in total. The van der Waals surface area contributed by atoms with E-state index in [0.29, 0.717) is 30.1 Å². The number of nitrogens with two attached hydrogens (primary N) is 1. The van der Waals surface area contributed by atoms with E-state index in [1.165, 1.54) is 11.4 Å². The Morgan fingerprint density at radius 2 is 1.92 bits per heavy atom. The predicted molar refractivity (Wildman–Crippen MR) is 137 cm³/mol. The Kier molecular flexibility index (Phi) is 8.71. The number of carboxylic acid groups (broad SMARTS) is 1. The van der Waals surface area contributed by atoms with Gasteiger partial charge in [0.2, 0.25) is 5.91 Å². The van der Waals surface area contributed by atoms with Gasteiger partial charge in [0, 0.05) is 35.4 Å². The van der Waals surface area contributed by atoms with Gasteiger partial charge >= 0.3 is 12.1 Å². The molecule has 1 amide bonds. The van der Waals surface area contributed by atoms with Crippen LogP contribution in [0.1, 0.15) is 17.5 Å². The van der Waals surface area contributed by atoms with Gasteiger partial charge in [-0.3, -0.25) is 10.2 Å². The van der Waals surface area contributed by atoms with Gasteiger partial charge < -0.3 is 15.7 Å². The van der Waals surface area contributed by atoms with Crippen LogP contribution >= 0.6 is 22.9 Å². The summed E-state index contributed by atoms with van der Waals surface area (Å²) in [5.74, 6) is -3.03. The quantitative estimate of drug-likeness (QED) is 0.293. The number of carbonyl (C=O) groups excluding carboxylic acids is 1. The van der Waals surface area contributed by atoms with Crippen LogP contribution < -0.4 is 5.73 Å². The minimum Gasteiger partial charge on any atom is -0.475 e. The summed E-state index contributed by atoms with van der Waals surface area (Å²) in [5, 5.41) is 16.0. The maximum absolute atomic E-state index is 13.2. The molecule has 0 aliphatic carbocycles. The number of amidine groups is 1. The molecule has 1 fully saturated rings. The monoisotopic (exact) mass is 590 g/mol. The fraction of sp³-hybridized carbons (Fsp3) is 0.261. The summed E-state index contributed by atoms with van der Waals surface area (Å²) < 4.78 is 60.3. The number of fused-ring (bicyclic) bond motifs is 1. The molecule has 0 spiro atoms. The van der Waals surface area contributed by atoms with Crippen LogP contribution in [0.4, 0.5) is 13.2 Å². The van der Waals surface area contributed by atoms with Gasteiger partial charge in [-0.2, -0.15) is 17.5 Å². The van der Waals surface area contributed by atoms with Crippen molar-refractivity contribution in [3.8, 4) is 0 Å². The molecule has 1 aromatic heterocycles. The largest absolute Gasteiger partial charge is 0.490 e. The van der Waals surface area contributed by atoms with Gasteiger partial charge in [-0.1, -0.05) is 29.8 Å². The first-order valence-corrected chi connectivity index (χ1v) is 13.4. The third kappa shape index (κ3) is 6.62. The minimum atomic E-state index is -5.08. The van der Waals surface area contributed by atoms with Crippen LogP contribution in [-0.4, -0.2) is 66.3 Å². The van der Waals surface area contributed by atoms with Gasteiger partial charge in [0.15, 0.2) is 0 Å². The lowest BCUT2D eigenvalue weighted by atomic mass is 10.1. The van der Waals surface area contributed by atoms with E-state index in [1.54, 1.807) is 47.4 Å². The minimum absolute atomic E-state index is 0.0390. The smallest absolute Gasteiger partial charge is 0.475 e. The molecule has 1 saturated heterocycles. The normalized spacial score (nSPS) is 16.0. The molecular formula is C23H22ClF3N4O5S2. The highest BCUT2D eigenvalue weighted by atomic mass is 35.5. The SMILES string of the molecule is CN([C@H]1CCN(Cc2cccc(C(=N)N)c2)C1=O)S(=O)(=O)c1cc2cc(Cl)ccc2s1.O=C(O)C(F)(F)F. The average Bonchev–Trinajstić information content (AvgIpc) is 3.42. The van der Waals surface area contributed by atoms with Crippen molar-refractivity contribution in [1.29, 1.82) is 5.41 Å². The van der Waals surface area contributed by atoms with E-state index in [1.807, 2.05) is 6.07 Å². The van der Waals surface area contributed by atoms with Gasteiger partial charge in [0.05, 0.1) is 0 Å². The van der Waals surface area contributed by atoms with Gasteiger partial charge in [-0.15, -0.1) is 11.3 Å². The van der Waals surface area contributed by atoms with Gasteiger partial charge in [0.25, 0.3) is 10.0 Å². The molecule has 0 unspecified atom stereocenters. The molecule has 15 heteroatoms. The highest BCUT2D eigenvalue weighted by molar-refractivity contribution is 7.91. The maximum atomic E-state index is 13.2. The Labute approximate surface area is 224 Å². The van der Waals surface area contributed by atoms with Crippen molar-refractivity contribution < 1.29 is 36.3 Å².